The molecule has 0 radical (unpaired) electrons. The quantitative estimate of drug-likeness (QED) is 0.512. The normalized spacial score (nSPS) is 9.86. The molecule has 0 saturated carbocycles. The zero-order chi connectivity index (χ0) is 10.9. The Morgan fingerprint density at radius 1 is 1.57 bits per heavy atom. The smallest absolute Gasteiger partial charge is 0.288 e. The molecule has 0 saturated heterocycles. The summed E-state index contributed by atoms with van der Waals surface area (Å²) in [4.78, 5) is 20.7. The summed E-state index contributed by atoms with van der Waals surface area (Å²) in [5.74, 6) is -0.661. The van der Waals surface area contributed by atoms with Crippen LogP contribution in [-0.4, -0.2) is 10.8 Å². The predicted octanol–water partition coefficient (Wildman–Crippen LogP) is 1.95. The molecule has 7 heteroatoms. The van der Waals surface area contributed by atoms with E-state index in [2.05, 4.69) is 0 Å². The van der Waals surface area contributed by atoms with E-state index in [0.717, 1.165) is 0 Å². The molecule has 0 aliphatic carbocycles. The number of carbonyl (C=O) groups is 1. The highest BCUT2D eigenvalue weighted by Crippen LogP contribution is 2.28. The lowest BCUT2D eigenvalue weighted by atomic mass is 10.2. The number of amides is 1. The van der Waals surface area contributed by atoms with E-state index in [-0.39, 0.29) is 16.3 Å². The molecule has 1 aromatic carbocycles. The second kappa shape index (κ2) is 4.09. The van der Waals surface area contributed by atoms with Gasteiger partial charge in [-0.1, -0.05) is 11.6 Å². The summed E-state index contributed by atoms with van der Waals surface area (Å²) in [5, 5.41) is 10.4. The van der Waals surface area contributed by atoms with Crippen LogP contribution in [-0.2, 0) is 0 Å². The molecule has 5 nitrogen and oxygen atoms in total. The van der Waals surface area contributed by atoms with Gasteiger partial charge in [-0.25, -0.2) is 0 Å². The van der Waals surface area contributed by atoms with E-state index < -0.39 is 10.8 Å². The first kappa shape index (κ1) is 11.2. The SMILES string of the molecule is NC(=O)c1cc(Cl)c([N+](=O)[O-])cc1I. The van der Waals surface area contributed by atoms with Crippen LogP contribution in [0.1, 0.15) is 10.4 Å². The van der Waals surface area contributed by atoms with Crippen molar-refractivity contribution in [2.75, 3.05) is 0 Å². The van der Waals surface area contributed by atoms with Gasteiger partial charge in [0.05, 0.1) is 10.5 Å². The zero-order valence-corrected chi connectivity index (χ0v) is 9.57. The fourth-order valence-corrected chi connectivity index (χ4v) is 1.81. The highest BCUT2D eigenvalue weighted by molar-refractivity contribution is 14.1. The van der Waals surface area contributed by atoms with Gasteiger partial charge in [-0.3, -0.25) is 14.9 Å². The van der Waals surface area contributed by atoms with Crippen molar-refractivity contribution >= 4 is 45.8 Å². The van der Waals surface area contributed by atoms with Crippen LogP contribution in [0.25, 0.3) is 0 Å². The van der Waals surface area contributed by atoms with E-state index in [1.54, 1.807) is 22.6 Å². The molecular weight excluding hydrogens is 322 g/mol. The van der Waals surface area contributed by atoms with E-state index >= 15 is 0 Å². The van der Waals surface area contributed by atoms with Gasteiger partial charge in [0, 0.05) is 9.64 Å². The maximum Gasteiger partial charge on any atom is 0.288 e. The molecule has 0 fully saturated rings. The van der Waals surface area contributed by atoms with E-state index in [1.165, 1.54) is 12.1 Å². The van der Waals surface area contributed by atoms with E-state index in [0.29, 0.717) is 3.57 Å². The average molecular weight is 326 g/mol. The topological polar surface area (TPSA) is 86.2 Å². The van der Waals surface area contributed by atoms with Gasteiger partial charge in [-0.15, -0.1) is 0 Å². The first-order valence-corrected chi connectivity index (χ1v) is 4.82. The molecule has 14 heavy (non-hydrogen) atoms. The van der Waals surface area contributed by atoms with Gasteiger partial charge in [0.2, 0.25) is 5.91 Å². The zero-order valence-electron chi connectivity index (χ0n) is 6.66. The Labute approximate surface area is 97.5 Å². The maximum atomic E-state index is 10.8. The average Bonchev–Trinajstić information content (AvgIpc) is 2.07. The van der Waals surface area contributed by atoms with Gasteiger partial charge in [-0.2, -0.15) is 0 Å². The Balaban J connectivity index is 3.38. The summed E-state index contributed by atoms with van der Waals surface area (Å²) in [5.41, 5.74) is 4.98. The number of carbonyl (C=O) groups excluding carboxylic acids is 1. The molecule has 0 atom stereocenters. The van der Waals surface area contributed by atoms with Crippen molar-refractivity contribution in [2.45, 2.75) is 0 Å². The monoisotopic (exact) mass is 326 g/mol. The number of benzene rings is 1. The standard InChI is InChI=1S/C7H4ClIN2O3/c8-4-1-3(7(10)12)5(9)2-6(4)11(13)14/h1-2H,(H2,10,12). The van der Waals surface area contributed by atoms with Crippen LogP contribution >= 0.6 is 34.2 Å². The van der Waals surface area contributed by atoms with Crippen LogP contribution in [0, 0.1) is 13.7 Å². The van der Waals surface area contributed by atoms with Crippen LogP contribution in [0.2, 0.25) is 5.02 Å². The summed E-state index contributed by atoms with van der Waals surface area (Å²) in [6.45, 7) is 0. The summed E-state index contributed by atoms with van der Waals surface area (Å²) < 4.78 is 0.409. The van der Waals surface area contributed by atoms with Crippen molar-refractivity contribution in [2.24, 2.45) is 5.73 Å². The van der Waals surface area contributed by atoms with Gasteiger partial charge in [0.15, 0.2) is 0 Å². The minimum absolute atomic E-state index is 0.0933. The second-order valence-corrected chi connectivity index (χ2v) is 3.97. The van der Waals surface area contributed by atoms with Gasteiger partial charge in [0.1, 0.15) is 5.02 Å². The fourth-order valence-electron chi connectivity index (χ4n) is 0.865. The highest BCUT2D eigenvalue weighted by atomic mass is 127. The summed E-state index contributed by atoms with van der Waals surface area (Å²) in [6, 6.07) is 2.41. The van der Waals surface area contributed by atoms with Gasteiger partial charge >= 0.3 is 0 Å². The third-order valence-corrected chi connectivity index (χ3v) is 2.69. The largest absolute Gasteiger partial charge is 0.366 e. The highest BCUT2D eigenvalue weighted by Gasteiger charge is 2.17. The summed E-state index contributed by atoms with van der Waals surface area (Å²) in [6.07, 6.45) is 0. The molecule has 74 valence electrons. The third-order valence-electron chi connectivity index (χ3n) is 1.50. The Kier molecular flexibility index (Phi) is 3.27. The Morgan fingerprint density at radius 2 is 2.14 bits per heavy atom. The summed E-state index contributed by atoms with van der Waals surface area (Å²) in [7, 11) is 0. The molecule has 0 heterocycles. The maximum absolute atomic E-state index is 10.8. The minimum Gasteiger partial charge on any atom is -0.366 e. The lowest BCUT2D eigenvalue weighted by molar-refractivity contribution is -0.384. The van der Waals surface area contributed by atoms with Crippen LogP contribution < -0.4 is 5.73 Å². The lowest BCUT2D eigenvalue weighted by Crippen LogP contribution is -2.13. The molecule has 1 rings (SSSR count). The van der Waals surface area contributed by atoms with Crippen molar-refractivity contribution in [3.8, 4) is 0 Å². The van der Waals surface area contributed by atoms with Crippen LogP contribution in [0.5, 0.6) is 0 Å². The number of nitrogens with zero attached hydrogens (tertiary/aromatic N) is 1. The van der Waals surface area contributed by atoms with E-state index in [9.17, 15) is 14.9 Å². The third kappa shape index (κ3) is 2.13. The van der Waals surface area contributed by atoms with Crippen LogP contribution in [0.4, 0.5) is 5.69 Å². The lowest BCUT2D eigenvalue weighted by Gasteiger charge is -2.01. The number of nitro groups is 1. The fraction of sp³-hybridized carbons (Fsp3) is 0. The minimum atomic E-state index is -0.661. The molecule has 0 spiro atoms. The Hall–Kier alpha value is -0.890. The first-order valence-electron chi connectivity index (χ1n) is 3.36. The molecule has 0 unspecified atom stereocenters. The van der Waals surface area contributed by atoms with Crippen LogP contribution in [0.15, 0.2) is 12.1 Å². The molecule has 2 N–H and O–H groups in total. The number of nitro benzene ring substituents is 1. The van der Waals surface area contributed by atoms with Crippen molar-refractivity contribution in [3.63, 3.8) is 0 Å². The van der Waals surface area contributed by atoms with Gasteiger partial charge in [0.25, 0.3) is 5.69 Å². The first-order chi connectivity index (χ1) is 6.43. The Bertz CT molecular complexity index is 382. The van der Waals surface area contributed by atoms with Gasteiger partial charge < -0.3 is 5.73 Å². The molecule has 0 bridgehead atoms. The molecular formula is C7H4ClIN2O3. The molecule has 0 aliphatic rings. The number of nitrogens with two attached hydrogens (primary N) is 1. The molecule has 0 aromatic heterocycles. The summed E-state index contributed by atoms with van der Waals surface area (Å²) >= 11 is 7.37. The van der Waals surface area contributed by atoms with Crippen molar-refractivity contribution in [1.82, 2.24) is 0 Å². The Morgan fingerprint density at radius 3 is 2.57 bits per heavy atom. The number of hydrogen-bond acceptors (Lipinski definition) is 3. The van der Waals surface area contributed by atoms with E-state index in [4.69, 9.17) is 17.3 Å². The molecule has 0 aliphatic heterocycles. The van der Waals surface area contributed by atoms with Crippen LogP contribution in [0.3, 0.4) is 0 Å². The van der Waals surface area contributed by atoms with Gasteiger partial charge in [-0.05, 0) is 28.7 Å². The molecule has 1 aromatic rings. The van der Waals surface area contributed by atoms with Crippen molar-refractivity contribution in [3.05, 3.63) is 36.4 Å². The second-order valence-electron chi connectivity index (χ2n) is 2.40. The number of rotatable bonds is 2. The molecule has 1 amide bonds. The number of halogens is 2. The van der Waals surface area contributed by atoms with Crippen molar-refractivity contribution < 1.29 is 9.72 Å². The number of primary amides is 1. The number of hydrogen-bond donors (Lipinski definition) is 1. The predicted molar refractivity (Wildman–Crippen MR) is 59.3 cm³/mol. The van der Waals surface area contributed by atoms with Crippen molar-refractivity contribution in [1.29, 1.82) is 0 Å². The van der Waals surface area contributed by atoms with E-state index in [1.807, 2.05) is 0 Å².